The number of ether oxygens (including phenoxy) is 1. The van der Waals surface area contributed by atoms with E-state index in [2.05, 4.69) is 0 Å². The first-order valence-electron chi connectivity index (χ1n) is 5.39. The molecular formula is C12H14Cl2FNO2. The van der Waals surface area contributed by atoms with E-state index in [1.54, 1.807) is 0 Å². The zero-order valence-electron chi connectivity index (χ0n) is 9.96. The van der Waals surface area contributed by atoms with Crippen LogP contribution >= 0.6 is 23.2 Å². The Kier molecular flexibility index (Phi) is 6.39. The largest absolute Gasteiger partial charge is 0.383 e. The Hall–Kier alpha value is -0.840. The molecule has 1 amide bonds. The number of amides is 1. The Morgan fingerprint density at radius 1 is 1.44 bits per heavy atom. The van der Waals surface area contributed by atoms with Crippen molar-refractivity contribution in [1.82, 2.24) is 4.90 Å². The van der Waals surface area contributed by atoms with Crippen LogP contribution in [-0.2, 0) is 4.74 Å². The van der Waals surface area contributed by atoms with Crippen molar-refractivity contribution in [3.8, 4) is 0 Å². The molecule has 1 aromatic carbocycles. The molecule has 0 bridgehead atoms. The van der Waals surface area contributed by atoms with Gasteiger partial charge in [-0.05, 0) is 18.2 Å². The summed E-state index contributed by atoms with van der Waals surface area (Å²) in [5, 5.41) is 0.254. The zero-order chi connectivity index (χ0) is 13.5. The summed E-state index contributed by atoms with van der Waals surface area (Å²) in [6.45, 7) is 1.08. The van der Waals surface area contributed by atoms with Crippen LogP contribution in [0, 0.1) is 5.82 Å². The number of alkyl halides is 1. The van der Waals surface area contributed by atoms with Gasteiger partial charge in [0.25, 0.3) is 5.91 Å². The predicted molar refractivity (Wildman–Crippen MR) is 69.9 cm³/mol. The molecule has 0 saturated carbocycles. The number of hydrogen-bond acceptors (Lipinski definition) is 2. The molecule has 0 unspecified atom stereocenters. The predicted octanol–water partition coefficient (Wildman–Crippen LogP) is 2.81. The molecular weight excluding hydrogens is 280 g/mol. The minimum atomic E-state index is -0.635. The van der Waals surface area contributed by atoms with Crippen molar-refractivity contribution in [2.45, 2.75) is 0 Å². The van der Waals surface area contributed by atoms with Gasteiger partial charge in [-0.15, -0.1) is 11.6 Å². The van der Waals surface area contributed by atoms with E-state index in [-0.39, 0.29) is 16.5 Å². The van der Waals surface area contributed by atoms with Gasteiger partial charge in [-0.25, -0.2) is 4.39 Å². The van der Waals surface area contributed by atoms with Crippen LogP contribution < -0.4 is 0 Å². The number of hydrogen-bond donors (Lipinski definition) is 0. The van der Waals surface area contributed by atoms with Crippen molar-refractivity contribution in [2.75, 3.05) is 32.7 Å². The first-order valence-corrected chi connectivity index (χ1v) is 6.30. The Balaban J connectivity index is 2.87. The summed E-state index contributed by atoms with van der Waals surface area (Å²) in [6.07, 6.45) is 0. The number of methoxy groups -OCH3 is 1. The van der Waals surface area contributed by atoms with E-state index in [4.69, 9.17) is 27.9 Å². The molecule has 0 N–H and O–H groups in total. The second-order valence-corrected chi connectivity index (χ2v) is 4.41. The van der Waals surface area contributed by atoms with E-state index in [1.807, 2.05) is 0 Å². The molecule has 6 heteroatoms. The van der Waals surface area contributed by atoms with Gasteiger partial charge in [0.2, 0.25) is 0 Å². The van der Waals surface area contributed by atoms with Crippen molar-refractivity contribution in [3.05, 3.63) is 34.6 Å². The monoisotopic (exact) mass is 293 g/mol. The third-order valence-electron chi connectivity index (χ3n) is 2.37. The summed E-state index contributed by atoms with van der Waals surface area (Å²) in [6, 6.07) is 3.96. The molecule has 0 atom stereocenters. The van der Waals surface area contributed by atoms with Gasteiger partial charge in [0.05, 0.1) is 12.2 Å². The maximum atomic E-state index is 13.6. The standard InChI is InChI=1S/C12H14Cl2FNO2/c1-18-7-6-16(5-4-13)12(17)10-3-2-9(14)8-11(10)15/h2-3,8H,4-7H2,1H3. The third kappa shape index (κ3) is 4.12. The highest BCUT2D eigenvalue weighted by Crippen LogP contribution is 2.16. The van der Waals surface area contributed by atoms with Gasteiger partial charge >= 0.3 is 0 Å². The number of carbonyl (C=O) groups is 1. The summed E-state index contributed by atoms with van der Waals surface area (Å²) < 4.78 is 18.5. The molecule has 18 heavy (non-hydrogen) atoms. The smallest absolute Gasteiger partial charge is 0.256 e. The van der Waals surface area contributed by atoms with Crippen LogP contribution in [-0.4, -0.2) is 43.5 Å². The van der Waals surface area contributed by atoms with Gasteiger partial charge in [-0.1, -0.05) is 11.6 Å². The minimum absolute atomic E-state index is 0.0133. The Labute approximate surface area is 115 Å². The fourth-order valence-electron chi connectivity index (χ4n) is 1.45. The Morgan fingerprint density at radius 3 is 2.72 bits per heavy atom. The molecule has 0 saturated heterocycles. The lowest BCUT2D eigenvalue weighted by Crippen LogP contribution is -2.36. The quantitative estimate of drug-likeness (QED) is 0.755. The summed E-state index contributed by atoms with van der Waals surface area (Å²) in [5.74, 6) is -0.767. The van der Waals surface area contributed by atoms with Gasteiger partial charge in [0, 0.05) is 31.1 Å². The van der Waals surface area contributed by atoms with Crippen LogP contribution in [0.4, 0.5) is 4.39 Å². The molecule has 0 aliphatic rings. The summed E-state index contributed by atoms with van der Waals surface area (Å²) in [5.41, 5.74) is -0.0133. The summed E-state index contributed by atoms with van der Waals surface area (Å²) in [7, 11) is 1.53. The van der Waals surface area contributed by atoms with Crippen LogP contribution in [0.25, 0.3) is 0 Å². The Morgan fingerprint density at radius 2 is 2.17 bits per heavy atom. The van der Waals surface area contributed by atoms with E-state index in [0.717, 1.165) is 6.07 Å². The maximum absolute atomic E-state index is 13.6. The van der Waals surface area contributed by atoms with Crippen molar-refractivity contribution < 1.29 is 13.9 Å². The fraction of sp³-hybridized carbons (Fsp3) is 0.417. The molecule has 3 nitrogen and oxygen atoms in total. The number of halogens is 3. The van der Waals surface area contributed by atoms with E-state index in [1.165, 1.54) is 24.1 Å². The van der Waals surface area contributed by atoms with Gasteiger partial charge in [0.15, 0.2) is 0 Å². The second-order valence-electron chi connectivity index (χ2n) is 3.60. The normalized spacial score (nSPS) is 10.4. The average Bonchev–Trinajstić information content (AvgIpc) is 2.33. The fourth-order valence-corrected chi connectivity index (χ4v) is 1.81. The van der Waals surface area contributed by atoms with Gasteiger partial charge in [-0.3, -0.25) is 4.79 Å². The molecule has 0 spiro atoms. The zero-order valence-corrected chi connectivity index (χ0v) is 11.5. The van der Waals surface area contributed by atoms with E-state index < -0.39 is 11.7 Å². The topological polar surface area (TPSA) is 29.5 Å². The number of carbonyl (C=O) groups excluding carboxylic acids is 1. The molecule has 0 aliphatic heterocycles. The molecule has 0 fully saturated rings. The summed E-state index contributed by atoms with van der Waals surface area (Å²) >= 11 is 11.3. The van der Waals surface area contributed by atoms with Crippen LogP contribution in [0.5, 0.6) is 0 Å². The van der Waals surface area contributed by atoms with E-state index >= 15 is 0 Å². The second kappa shape index (κ2) is 7.56. The van der Waals surface area contributed by atoms with Crippen molar-refractivity contribution >= 4 is 29.1 Å². The highest BCUT2D eigenvalue weighted by molar-refractivity contribution is 6.30. The minimum Gasteiger partial charge on any atom is -0.383 e. The van der Waals surface area contributed by atoms with Crippen molar-refractivity contribution in [2.24, 2.45) is 0 Å². The van der Waals surface area contributed by atoms with Crippen molar-refractivity contribution in [3.63, 3.8) is 0 Å². The molecule has 1 rings (SSSR count). The van der Waals surface area contributed by atoms with Crippen LogP contribution in [0.3, 0.4) is 0 Å². The highest BCUT2D eigenvalue weighted by Gasteiger charge is 2.18. The Bertz CT molecular complexity index is 415. The average molecular weight is 294 g/mol. The van der Waals surface area contributed by atoms with E-state index in [9.17, 15) is 9.18 Å². The van der Waals surface area contributed by atoms with Crippen LogP contribution in [0.15, 0.2) is 18.2 Å². The third-order valence-corrected chi connectivity index (χ3v) is 2.77. The first-order chi connectivity index (χ1) is 8.60. The number of rotatable bonds is 6. The van der Waals surface area contributed by atoms with Gasteiger partial charge < -0.3 is 9.64 Å². The molecule has 100 valence electrons. The molecule has 0 heterocycles. The van der Waals surface area contributed by atoms with Crippen LogP contribution in [0.2, 0.25) is 5.02 Å². The SMILES string of the molecule is COCCN(CCCl)C(=O)c1ccc(Cl)cc1F. The lowest BCUT2D eigenvalue weighted by Gasteiger charge is -2.21. The van der Waals surface area contributed by atoms with Gasteiger partial charge in [0.1, 0.15) is 5.82 Å². The molecule has 0 radical (unpaired) electrons. The van der Waals surface area contributed by atoms with E-state index in [0.29, 0.717) is 19.7 Å². The molecule has 0 aliphatic carbocycles. The molecule has 0 aromatic heterocycles. The van der Waals surface area contributed by atoms with Crippen molar-refractivity contribution in [1.29, 1.82) is 0 Å². The molecule has 1 aromatic rings. The lowest BCUT2D eigenvalue weighted by molar-refractivity contribution is 0.0703. The van der Waals surface area contributed by atoms with Gasteiger partial charge in [-0.2, -0.15) is 0 Å². The summed E-state index contributed by atoms with van der Waals surface area (Å²) in [4.78, 5) is 13.5. The lowest BCUT2D eigenvalue weighted by atomic mass is 10.2. The first kappa shape index (κ1) is 15.2. The number of benzene rings is 1. The highest BCUT2D eigenvalue weighted by atomic mass is 35.5. The van der Waals surface area contributed by atoms with Crippen LogP contribution in [0.1, 0.15) is 10.4 Å². The number of nitrogens with zero attached hydrogens (tertiary/aromatic N) is 1. The maximum Gasteiger partial charge on any atom is 0.256 e.